The minimum Gasteiger partial charge on any atom is -0.370 e. The lowest BCUT2D eigenvalue weighted by Crippen LogP contribution is -2.50. The van der Waals surface area contributed by atoms with Crippen LogP contribution in [0.2, 0.25) is 0 Å². The van der Waals surface area contributed by atoms with E-state index in [-0.39, 0.29) is 30.1 Å². The van der Waals surface area contributed by atoms with Crippen LogP contribution in [0.3, 0.4) is 0 Å². The highest BCUT2D eigenvalue weighted by molar-refractivity contribution is 5.90. The quantitative estimate of drug-likeness (QED) is 0.584. The van der Waals surface area contributed by atoms with Crippen LogP contribution in [0.5, 0.6) is 0 Å². The molecule has 6 nitrogen and oxygen atoms in total. The first kappa shape index (κ1) is 19.6. The summed E-state index contributed by atoms with van der Waals surface area (Å²) in [6.45, 7) is 9.10. The second kappa shape index (κ2) is 7.54. The van der Waals surface area contributed by atoms with Crippen molar-refractivity contribution < 1.29 is 14.4 Å². The van der Waals surface area contributed by atoms with E-state index in [0.29, 0.717) is 6.42 Å². The molecule has 0 fully saturated rings. The standard InChI is InChI=1S/C15H29N3O3/c1-10(19)11(7-8-12(16)20)18-13(21)14(2,3)9-15(4,5)17-6/h11,17H,7-9H2,1-6H3,(H2,16,20)(H,18,21). The van der Waals surface area contributed by atoms with Gasteiger partial charge in [-0.25, -0.2) is 0 Å². The Morgan fingerprint density at radius 1 is 1.14 bits per heavy atom. The summed E-state index contributed by atoms with van der Waals surface area (Å²) in [5, 5.41) is 5.90. The number of amides is 2. The van der Waals surface area contributed by atoms with Crippen molar-refractivity contribution in [2.45, 2.75) is 65.5 Å². The fourth-order valence-electron chi connectivity index (χ4n) is 2.29. The first-order chi connectivity index (χ1) is 9.41. The van der Waals surface area contributed by atoms with Gasteiger partial charge in [-0.1, -0.05) is 13.8 Å². The van der Waals surface area contributed by atoms with Gasteiger partial charge in [0.1, 0.15) is 0 Å². The van der Waals surface area contributed by atoms with Crippen LogP contribution in [0, 0.1) is 5.41 Å². The molecule has 0 aliphatic carbocycles. The number of hydrogen-bond acceptors (Lipinski definition) is 4. The average Bonchev–Trinajstić information content (AvgIpc) is 2.32. The van der Waals surface area contributed by atoms with Gasteiger partial charge in [-0.3, -0.25) is 14.4 Å². The Morgan fingerprint density at radius 3 is 2.05 bits per heavy atom. The summed E-state index contributed by atoms with van der Waals surface area (Å²) >= 11 is 0. The molecule has 0 aliphatic rings. The zero-order valence-corrected chi connectivity index (χ0v) is 14.0. The molecule has 0 aromatic heterocycles. The molecule has 0 saturated heterocycles. The number of carbonyl (C=O) groups excluding carboxylic acids is 3. The van der Waals surface area contributed by atoms with Crippen molar-refractivity contribution in [3.8, 4) is 0 Å². The number of primary amides is 1. The van der Waals surface area contributed by atoms with E-state index in [2.05, 4.69) is 10.6 Å². The highest BCUT2D eigenvalue weighted by Crippen LogP contribution is 2.28. The number of nitrogens with two attached hydrogens (primary N) is 1. The SMILES string of the molecule is CNC(C)(C)CC(C)(C)C(=O)NC(CCC(N)=O)C(C)=O. The molecule has 1 atom stereocenters. The zero-order valence-electron chi connectivity index (χ0n) is 14.0. The molecule has 4 N–H and O–H groups in total. The minimum atomic E-state index is -0.665. The molecule has 0 aliphatic heterocycles. The molecule has 0 heterocycles. The lowest BCUT2D eigenvalue weighted by Gasteiger charge is -2.34. The van der Waals surface area contributed by atoms with Crippen molar-refractivity contribution in [1.29, 1.82) is 0 Å². The summed E-state index contributed by atoms with van der Waals surface area (Å²) in [6.07, 6.45) is 0.928. The van der Waals surface area contributed by atoms with Crippen LogP contribution in [-0.4, -0.2) is 36.2 Å². The Morgan fingerprint density at radius 2 is 1.67 bits per heavy atom. The van der Waals surface area contributed by atoms with E-state index in [0.717, 1.165) is 0 Å². The molecule has 21 heavy (non-hydrogen) atoms. The number of nitrogens with one attached hydrogen (secondary N) is 2. The second-order valence-electron chi connectivity index (χ2n) is 6.84. The molecule has 0 radical (unpaired) electrons. The lowest BCUT2D eigenvalue weighted by atomic mass is 9.79. The van der Waals surface area contributed by atoms with Crippen molar-refractivity contribution in [3.05, 3.63) is 0 Å². The number of hydrogen-bond donors (Lipinski definition) is 3. The van der Waals surface area contributed by atoms with E-state index in [9.17, 15) is 14.4 Å². The van der Waals surface area contributed by atoms with Gasteiger partial charge in [-0.15, -0.1) is 0 Å². The van der Waals surface area contributed by atoms with Gasteiger partial charge in [-0.2, -0.15) is 0 Å². The number of rotatable bonds is 9. The van der Waals surface area contributed by atoms with E-state index < -0.39 is 17.4 Å². The fraction of sp³-hybridized carbons (Fsp3) is 0.800. The fourth-order valence-corrected chi connectivity index (χ4v) is 2.29. The summed E-state index contributed by atoms with van der Waals surface area (Å²) in [5.41, 5.74) is 4.26. The van der Waals surface area contributed by atoms with E-state index in [1.165, 1.54) is 6.92 Å². The van der Waals surface area contributed by atoms with Gasteiger partial charge >= 0.3 is 0 Å². The molecular formula is C15H29N3O3. The average molecular weight is 299 g/mol. The number of ketones is 1. The summed E-state index contributed by atoms with van der Waals surface area (Å²) in [5.74, 6) is -0.852. The third kappa shape index (κ3) is 7.22. The van der Waals surface area contributed by atoms with E-state index >= 15 is 0 Å². The van der Waals surface area contributed by atoms with Crippen LogP contribution in [0.25, 0.3) is 0 Å². The van der Waals surface area contributed by atoms with Gasteiger partial charge in [0.2, 0.25) is 11.8 Å². The number of carbonyl (C=O) groups is 3. The van der Waals surface area contributed by atoms with Gasteiger partial charge in [0, 0.05) is 17.4 Å². The van der Waals surface area contributed by atoms with E-state index in [1.54, 1.807) is 0 Å². The van der Waals surface area contributed by atoms with E-state index in [4.69, 9.17) is 5.73 Å². The highest BCUT2D eigenvalue weighted by Gasteiger charge is 2.35. The molecule has 0 saturated carbocycles. The normalized spacial score (nSPS) is 13.6. The molecule has 0 bridgehead atoms. The van der Waals surface area contributed by atoms with Crippen LogP contribution in [0.4, 0.5) is 0 Å². The van der Waals surface area contributed by atoms with Crippen LogP contribution >= 0.6 is 0 Å². The molecule has 0 aromatic carbocycles. The molecule has 6 heteroatoms. The summed E-state index contributed by atoms with van der Waals surface area (Å²) in [6, 6.07) is -0.665. The monoisotopic (exact) mass is 299 g/mol. The predicted octanol–water partition coefficient (Wildman–Crippen LogP) is 0.740. The lowest BCUT2D eigenvalue weighted by molar-refractivity contribution is -0.134. The van der Waals surface area contributed by atoms with Crippen molar-refractivity contribution in [1.82, 2.24) is 10.6 Å². The number of Topliss-reactive ketones (excluding diaryl/α,β-unsaturated/α-hetero) is 1. The summed E-state index contributed by atoms with van der Waals surface area (Å²) in [4.78, 5) is 34.8. The first-order valence-corrected chi connectivity index (χ1v) is 7.20. The molecular weight excluding hydrogens is 270 g/mol. The zero-order chi connectivity index (χ0) is 16.8. The van der Waals surface area contributed by atoms with Gasteiger partial charge in [-0.05, 0) is 40.7 Å². The Kier molecular flexibility index (Phi) is 7.03. The van der Waals surface area contributed by atoms with Crippen LogP contribution in [0.1, 0.15) is 53.9 Å². The van der Waals surface area contributed by atoms with Crippen molar-refractivity contribution in [3.63, 3.8) is 0 Å². The van der Waals surface area contributed by atoms with Gasteiger partial charge in [0.15, 0.2) is 5.78 Å². The minimum absolute atomic E-state index is 0.0764. The van der Waals surface area contributed by atoms with E-state index in [1.807, 2.05) is 34.7 Å². The smallest absolute Gasteiger partial charge is 0.226 e. The van der Waals surface area contributed by atoms with Gasteiger partial charge in [0.05, 0.1) is 6.04 Å². The molecule has 0 rings (SSSR count). The molecule has 0 aromatic rings. The van der Waals surface area contributed by atoms with Crippen molar-refractivity contribution >= 4 is 17.6 Å². The Hall–Kier alpha value is -1.43. The maximum Gasteiger partial charge on any atom is 0.226 e. The van der Waals surface area contributed by atoms with Crippen molar-refractivity contribution in [2.75, 3.05) is 7.05 Å². The first-order valence-electron chi connectivity index (χ1n) is 7.20. The molecule has 1 unspecified atom stereocenters. The van der Waals surface area contributed by atoms with Crippen LogP contribution in [-0.2, 0) is 14.4 Å². The Balaban J connectivity index is 4.81. The summed E-state index contributed by atoms with van der Waals surface area (Å²) in [7, 11) is 1.85. The highest BCUT2D eigenvalue weighted by atomic mass is 16.2. The topological polar surface area (TPSA) is 101 Å². The maximum absolute atomic E-state index is 12.4. The largest absolute Gasteiger partial charge is 0.370 e. The third-order valence-corrected chi connectivity index (χ3v) is 3.65. The maximum atomic E-state index is 12.4. The Labute approximate surface area is 127 Å². The van der Waals surface area contributed by atoms with Crippen LogP contribution < -0.4 is 16.4 Å². The van der Waals surface area contributed by atoms with Crippen molar-refractivity contribution in [2.24, 2.45) is 11.1 Å². The molecule has 2 amide bonds. The second-order valence-corrected chi connectivity index (χ2v) is 6.84. The van der Waals surface area contributed by atoms with Crippen LogP contribution in [0.15, 0.2) is 0 Å². The Bertz CT molecular complexity index is 403. The summed E-state index contributed by atoms with van der Waals surface area (Å²) < 4.78 is 0. The molecule has 0 spiro atoms. The van der Waals surface area contributed by atoms with Gasteiger partial charge in [0.25, 0.3) is 0 Å². The molecule has 122 valence electrons. The predicted molar refractivity (Wildman–Crippen MR) is 82.6 cm³/mol. The van der Waals surface area contributed by atoms with Gasteiger partial charge < -0.3 is 16.4 Å². The third-order valence-electron chi connectivity index (χ3n) is 3.65.